The zero-order valence-electron chi connectivity index (χ0n) is 10.1. The Hall–Kier alpha value is -2.59. The number of benzene rings is 1. The Morgan fingerprint density at radius 3 is 2.67 bits per heavy atom. The van der Waals surface area contributed by atoms with Crippen LogP contribution in [0, 0.1) is 22.7 Å². The minimum absolute atomic E-state index is 0.206. The Morgan fingerprint density at radius 1 is 1.39 bits per heavy atom. The molecule has 0 spiro atoms. The third-order valence-corrected chi connectivity index (χ3v) is 2.35. The zero-order chi connectivity index (χ0) is 13.5. The van der Waals surface area contributed by atoms with Gasteiger partial charge in [-0.1, -0.05) is 18.7 Å². The third kappa shape index (κ3) is 2.96. The van der Waals surface area contributed by atoms with Gasteiger partial charge in [-0.25, -0.2) is 4.79 Å². The fourth-order valence-electron chi connectivity index (χ4n) is 1.51. The summed E-state index contributed by atoms with van der Waals surface area (Å²) in [6.07, 6.45) is 0.206. The van der Waals surface area contributed by atoms with Crippen molar-refractivity contribution in [2.24, 2.45) is 0 Å². The average molecular weight is 240 g/mol. The summed E-state index contributed by atoms with van der Waals surface area (Å²) in [6, 6.07) is 8.86. The summed E-state index contributed by atoms with van der Waals surface area (Å²) in [7, 11) is 0. The SMILES string of the molecule is C=C(Cc1cccc(C#N)c1C#N)C(=O)OCC. The molecule has 90 valence electrons. The smallest absolute Gasteiger partial charge is 0.333 e. The molecular formula is C14H12N2O2. The monoisotopic (exact) mass is 240 g/mol. The topological polar surface area (TPSA) is 73.9 Å². The highest BCUT2D eigenvalue weighted by molar-refractivity contribution is 5.88. The maximum absolute atomic E-state index is 11.4. The summed E-state index contributed by atoms with van der Waals surface area (Å²) in [5.74, 6) is -0.483. The summed E-state index contributed by atoms with van der Waals surface area (Å²) in [5, 5.41) is 17.9. The molecule has 0 aliphatic carbocycles. The Balaban J connectivity index is 3.00. The molecule has 0 aliphatic rings. The molecule has 1 aromatic rings. The Morgan fingerprint density at radius 2 is 2.11 bits per heavy atom. The maximum atomic E-state index is 11.4. The van der Waals surface area contributed by atoms with Gasteiger partial charge in [-0.05, 0) is 18.6 Å². The van der Waals surface area contributed by atoms with Gasteiger partial charge < -0.3 is 4.74 Å². The minimum atomic E-state index is -0.483. The van der Waals surface area contributed by atoms with Crippen LogP contribution >= 0.6 is 0 Å². The number of esters is 1. The van der Waals surface area contributed by atoms with Gasteiger partial charge in [-0.15, -0.1) is 0 Å². The van der Waals surface area contributed by atoms with E-state index < -0.39 is 5.97 Å². The molecule has 0 radical (unpaired) electrons. The van der Waals surface area contributed by atoms with Gasteiger partial charge in [0.15, 0.2) is 0 Å². The first kappa shape index (κ1) is 13.5. The van der Waals surface area contributed by atoms with Crippen LogP contribution < -0.4 is 0 Å². The summed E-state index contributed by atoms with van der Waals surface area (Å²) >= 11 is 0. The maximum Gasteiger partial charge on any atom is 0.333 e. The van der Waals surface area contributed by atoms with Crippen LogP contribution in [0.2, 0.25) is 0 Å². The second-order valence-electron chi connectivity index (χ2n) is 3.56. The molecule has 1 rings (SSSR count). The number of carbonyl (C=O) groups is 1. The van der Waals surface area contributed by atoms with E-state index in [4.69, 9.17) is 15.3 Å². The van der Waals surface area contributed by atoms with Crippen molar-refractivity contribution >= 4 is 5.97 Å². The van der Waals surface area contributed by atoms with Crippen molar-refractivity contribution in [2.45, 2.75) is 13.3 Å². The summed E-state index contributed by atoms with van der Waals surface area (Å²) in [4.78, 5) is 11.4. The van der Waals surface area contributed by atoms with Crippen LogP contribution in [0.1, 0.15) is 23.6 Å². The number of nitrogens with zero attached hydrogens (tertiary/aromatic N) is 2. The molecular weight excluding hydrogens is 228 g/mol. The fraction of sp³-hybridized carbons (Fsp3) is 0.214. The van der Waals surface area contributed by atoms with Gasteiger partial charge in [0.2, 0.25) is 0 Å². The van der Waals surface area contributed by atoms with Crippen LogP contribution in [0.25, 0.3) is 0 Å². The molecule has 0 heterocycles. The first-order chi connectivity index (χ1) is 8.63. The van der Waals surface area contributed by atoms with Crippen LogP contribution in [0.4, 0.5) is 0 Å². The molecule has 1 aromatic carbocycles. The number of ether oxygens (including phenoxy) is 1. The van der Waals surface area contributed by atoms with Crippen molar-refractivity contribution in [3.8, 4) is 12.1 Å². The van der Waals surface area contributed by atoms with Gasteiger partial charge in [-0.2, -0.15) is 10.5 Å². The van der Waals surface area contributed by atoms with E-state index in [2.05, 4.69) is 6.58 Å². The summed E-state index contributed by atoms with van der Waals surface area (Å²) in [6.45, 7) is 5.62. The van der Waals surface area contributed by atoms with Crippen molar-refractivity contribution in [2.75, 3.05) is 6.61 Å². The highest BCUT2D eigenvalue weighted by Crippen LogP contribution is 2.17. The van der Waals surface area contributed by atoms with Crippen molar-refractivity contribution in [3.05, 3.63) is 47.0 Å². The first-order valence-corrected chi connectivity index (χ1v) is 5.41. The highest BCUT2D eigenvalue weighted by Gasteiger charge is 2.13. The van der Waals surface area contributed by atoms with Crippen LogP contribution in [0.3, 0.4) is 0 Å². The summed E-state index contributed by atoms with van der Waals surface area (Å²) in [5.41, 5.74) is 1.45. The molecule has 0 saturated carbocycles. The lowest BCUT2D eigenvalue weighted by atomic mass is 9.97. The number of carbonyl (C=O) groups excluding carboxylic acids is 1. The minimum Gasteiger partial charge on any atom is -0.463 e. The van der Waals surface area contributed by atoms with E-state index in [0.717, 1.165) is 0 Å². The van der Waals surface area contributed by atoms with E-state index in [-0.39, 0.29) is 24.2 Å². The molecule has 0 fully saturated rings. The average Bonchev–Trinajstić information content (AvgIpc) is 2.38. The number of hydrogen-bond acceptors (Lipinski definition) is 4. The Bertz CT molecular complexity index is 562. The summed E-state index contributed by atoms with van der Waals surface area (Å²) < 4.78 is 4.82. The molecule has 0 bridgehead atoms. The van der Waals surface area contributed by atoms with Crippen LogP contribution in [0.15, 0.2) is 30.4 Å². The predicted molar refractivity (Wildman–Crippen MR) is 65.3 cm³/mol. The second kappa shape index (κ2) is 6.22. The molecule has 0 aliphatic heterocycles. The van der Waals surface area contributed by atoms with Crippen molar-refractivity contribution in [1.29, 1.82) is 10.5 Å². The van der Waals surface area contributed by atoms with Gasteiger partial charge in [0.25, 0.3) is 0 Å². The Kier molecular flexibility index (Phi) is 4.66. The normalized spacial score (nSPS) is 9.06. The van der Waals surface area contributed by atoms with E-state index in [1.54, 1.807) is 25.1 Å². The lowest BCUT2D eigenvalue weighted by Gasteiger charge is -2.07. The van der Waals surface area contributed by atoms with Crippen LogP contribution in [-0.2, 0) is 16.0 Å². The standard InChI is InChI=1S/C14H12N2O2/c1-3-18-14(17)10(2)7-11-5-4-6-12(8-15)13(11)9-16/h4-6H,2-3,7H2,1H3. The van der Waals surface area contributed by atoms with Gasteiger partial charge >= 0.3 is 5.97 Å². The molecule has 0 aromatic heterocycles. The molecule has 4 nitrogen and oxygen atoms in total. The van der Waals surface area contributed by atoms with E-state index in [9.17, 15) is 4.79 Å². The molecule has 0 atom stereocenters. The lowest BCUT2D eigenvalue weighted by Crippen LogP contribution is -2.09. The largest absolute Gasteiger partial charge is 0.463 e. The Labute approximate surface area is 106 Å². The predicted octanol–water partition coefficient (Wildman–Crippen LogP) is 2.09. The van der Waals surface area contributed by atoms with E-state index in [0.29, 0.717) is 11.1 Å². The van der Waals surface area contributed by atoms with Gasteiger partial charge in [-0.3, -0.25) is 0 Å². The van der Waals surface area contributed by atoms with E-state index in [1.165, 1.54) is 0 Å². The van der Waals surface area contributed by atoms with Crippen molar-refractivity contribution in [3.63, 3.8) is 0 Å². The fourth-order valence-corrected chi connectivity index (χ4v) is 1.51. The number of rotatable bonds is 4. The molecule has 0 N–H and O–H groups in total. The lowest BCUT2D eigenvalue weighted by molar-refractivity contribution is -0.138. The van der Waals surface area contributed by atoms with Crippen molar-refractivity contribution in [1.82, 2.24) is 0 Å². The van der Waals surface area contributed by atoms with Crippen LogP contribution in [0.5, 0.6) is 0 Å². The molecule has 0 saturated heterocycles. The zero-order valence-corrected chi connectivity index (χ0v) is 10.1. The van der Waals surface area contributed by atoms with E-state index in [1.807, 2.05) is 12.1 Å². The van der Waals surface area contributed by atoms with Gasteiger partial charge in [0.05, 0.1) is 17.7 Å². The first-order valence-electron chi connectivity index (χ1n) is 5.41. The van der Waals surface area contributed by atoms with Crippen LogP contribution in [-0.4, -0.2) is 12.6 Å². The van der Waals surface area contributed by atoms with Crippen molar-refractivity contribution < 1.29 is 9.53 Å². The molecule has 0 unspecified atom stereocenters. The number of hydrogen-bond donors (Lipinski definition) is 0. The third-order valence-electron chi connectivity index (χ3n) is 2.35. The molecule has 0 amide bonds. The highest BCUT2D eigenvalue weighted by atomic mass is 16.5. The molecule has 4 heteroatoms. The second-order valence-corrected chi connectivity index (χ2v) is 3.56. The molecule has 18 heavy (non-hydrogen) atoms. The van der Waals surface area contributed by atoms with Gasteiger partial charge in [0.1, 0.15) is 12.1 Å². The van der Waals surface area contributed by atoms with E-state index >= 15 is 0 Å². The van der Waals surface area contributed by atoms with Gasteiger partial charge in [0, 0.05) is 12.0 Å². The number of nitriles is 2. The quantitative estimate of drug-likeness (QED) is 0.596.